The molecule has 1 amide bonds. The molecule has 1 aliphatic rings. The SMILES string of the molecule is COc1ccccc1[C@H](C)N(C)CCC(=O)N1CCOCC1. The number of ether oxygens (including phenoxy) is 2. The van der Waals surface area contributed by atoms with E-state index in [4.69, 9.17) is 9.47 Å². The highest BCUT2D eigenvalue weighted by atomic mass is 16.5. The monoisotopic (exact) mass is 306 g/mol. The molecule has 1 fully saturated rings. The second kappa shape index (κ2) is 8.15. The van der Waals surface area contributed by atoms with Crippen LogP contribution in [0.3, 0.4) is 0 Å². The van der Waals surface area contributed by atoms with E-state index in [-0.39, 0.29) is 11.9 Å². The Morgan fingerprint density at radius 2 is 2.05 bits per heavy atom. The summed E-state index contributed by atoms with van der Waals surface area (Å²) in [6, 6.07) is 8.23. The molecule has 1 atom stereocenters. The van der Waals surface area contributed by atoms with Crippen LogP contribution in [0.25, 0.3) is 0 Å². The Kier molecular flexibility index (Phi) is 6.21. The van der Waals surface area contributed by atoms with Crippen LogP contribution in [0.15, 0.2) is 24.3 Å². The van der Waals surface area contributed by atoms with Crippen LogP contribution in [-0.4, -0.2) is 62.7 Å². The van der Waals surface area contributed by atoms with Gasteiger partial charge in [0, 0.05) is 37.7 Å². The van der Waals surface area contributed by atoms with Gasteiger partial charge >= 0.3 is 0 Å². The van der Waals surface area contributed by atoms with Crippen molar-refractivity contribution < 1.29 is 14.3 Å². The van der Waals surface area contributed by atoms with E-state index in [1.54, 1.807) is 7.11 Å². The number of carbonyl (C=O) groups is 1. The Morgan fingerprint density at radius 3 is 2.73 bits per heavy atom. The van der Waals surface area contributed by atoms with Crippen LogP contribution in [0, 0.1) is 0 Å². The molecule has 122 valence electrons. The Bertz CT molecular complexity index is 487. The van der Waals surface area contributed by atoms with E-state index < -0.39 is 0 Å². The summed E-state index contributed by atoms with van der Waals surface area (Å²) in [6.07, 6.45) is 0.538. The summed E-state index contributed by atoms with van der Waals surface area (Å²) in [4.78, 5) is 16.3. The van der Waals surface area contributed by atoms with Gasteiger partial charge in [-0.15, -0.1) is 0 Å². The van der Waals surface area contributed by atoms with Crippen molar-refractivity contribution in [3.05, 3.63) is 29.8 Å². The standard InChI is InChI=1S/C17H26N2O3/c1-14(15-6-4-5-7-16(15)21-3)18(2)9-8-17(20)19-10-12-22-13-11-19/h4-7,14H,8-13H2,1-3H3/t14-/m0/s1. The van der Waals surface area contributed by atoms with Crippen LogP contribution >= 0.6 is 0 Å². The van der Waals surface area contributed by atoms with Gasteiger partial charge in [-0.3, -0.25) is 9.69 Å². The molecule has 22 heavy (non-hydrogen) atoms. The van der Waals surface area contributed by atoms with E-state index in [9.17, 15) is 4.79 Å². The van der Waals surface area contributed by atoms with E-state index in [2.05, 4.69) is 17.9 Å². The van der Waals surface area contributed by atoms with Gasteiger partial charge in [0.25, 0.3) is 0 Å². The third-order valence-corrected chi connectivity index (χ3v) is 4.29. The largest absolute Gasteiger partial charge is 0.496 e. The van der Waals surface area contributed by atoms with E-state index in [1.807, 2.05) is 30.1 Å². The first-order valence-corrected chi connectivity index (χ1v) is 7.82. The number of para-hydroxylation sites is 1. The summed E-state index contributed by atoms with van der Waals surface area (Å²) in [5, 5.41) is 0. The van der Waals surface area contributed by atoms with Crippen molar-refractivity contribution in [3.8, 4) is 5.75 Å². The second-order valence-corrected chi connectivity index (χ2v) is 5.64. The lowest BCUT2D eigenvalue weighted by molar-refractivity contribution is -0.135. The summed E-state index contributed by atoms with van der Waals surface area (Å²) < 4.78 is 10.7. The molecule has 0 spiro atoms. The first-order valence-electron chi connectivity index (χ1n) is 7.82. The van der Waals surface area contributed by atoms with Gasteiger partial charge in [0.1, 0.15) is 5.75 Å². The highest BCUT2D eigenvalue weighted by Crippen LogP contribution is 2.28. The topological polar surface area (TPSA) is 42.0 Å². The van der Waals surface area contributed by atoms with Crippen LogP contribution in [0.4, 0.5) is 0 Å². The van der Waals surface area contributed by atoms with E-state index in [0.29, 0.717) is 32.7 Å². The van der Waals surface area contributed by atoms with Crippen LogP contribution < -0.4 is 4.74 Å². The van der Waals surface area contributed by atoms with Gasteiger partial charge in [0.15, 0.2) is 0 Å². The molecule has 0 aliphatic carbocycles. The average Bonchev–Trinajstić information content (AvgIpc) is 2.59. The smallest absolute Gasteiger partial charge is 0.224 e. The lowest BCUT2D eigenvalue weighted by atomic mass is 10.1. The average molecular weight is 306 g/mol. The molecule has 1 aliphatic heterocycles. The van der Waals surface area contributed by atoms with Crippen LogP contribution in [0.1, 0.15) is 24.9 Å². The fourth-order valence-electron chi connectivity index (χ4n) is 2.69. The van der Waals surface area contributed by atoms with Crippen LogP contribution in [0.2, 0.25) is 0 Å². The molecule has 0 aromatic heterocycles. The lowest BCUT2D eigenvalue weighted by Gasteiger charge is -2.29. The predicted octanol–water partition coefficient (Wildman–Crippen LogP) is 1.94. The molecular weight excluding hydrogens is 280 g/mol. The normalized spacial score (nSPS) is 16.6. The van der Waals surface area contributed by atoms with Gasteiger partial charge in [0.05, 0.1) is 20.3 Å². The molecule has 0 unspecified atom stereocenters. The number of carbonyl (C=O) groups excluding carboxylic acids is 1. The van der Waals surface area contributed by atoms with Crippen molar-refractivity contribution in [2.24, 2.45) is 0 Å². The zero-order chi connectivity index (χ0) is 15.9. The Labute approximate surface area is 132 Å². The predicted molar refractivity (Wildman–Crippen MR) is 86.1 cm³/mol. The number of amides is 1. The molecule has 2 rings (SSSR count). The van der Waals surface area contributed by atoms with Crippen molar-refractivity contribution in [1.29, 1.82) is 0 Å². The van der Waals surface area contributed by atoms with Crippen molar-refractivity contribution >= 4 is 5.91 Å². The number of hydrogen-bond donors (Lipinski definition) is 0. The van der Waals surface area contributed by atoms with Gasteiger partial charge in [-0.05, 0) is 20.0 Å². The van der Waals surface area contributed by atoms with Gasteiger partial charge in [-0.25, -0.2) is 0 Å². The molecule has 1 aromatic carbocycles. The van der Waals surface area contributed by atoms with Crippen LogP contribution in [-0.2, 0) is 9.53 Å². The fourth-order valence-corrected chi connectivity index (χ4v) is 2.69. The van der Waals surface area contributed by atoms with Gasteiger partial charge in [0.2, 0.25) is 5.91 Å². The van der Waals surface area contributed by atoms with E-state index >= 15 is 0 Å². The van der Waals surface area contributed by atoms with Gasteiger partial charge in [-0.1, -0.05) is 18.2 Å². The van der Waals surface area contributed by atoms with Crippen molar-refractivity contribution in [3.63, 3.8) is 0 Å². The third-order valence-electron chi connectivity index (χ3n) is 4.29. The number of rotatable bonds is 6. The molecule has 0 N–H and O–H groups in total. The minimum absolute atomic E-state index is 0.202. The second-order valence-electron chi connectivity index (χ2n) is 5.64. The zero-order valence-corrected chi connectivity index (χ0v) is 13.7. The summed E-state index contributed by atoms with van der Waals surface area (Å²) >= 11 is 0. The number of methoxy groups -OCH3 is 1. The van der Waals surface area contributed by atoms with Gasteiger partial charge < -0.3 is 14.4 Å². The third kappa shape index (κ3) is 4.21. The minimum atomic E-state index is 0.202. The summed E-state index contributed by atoms with van der Waals surface area (Å²) in [5.41, 5.74) is 1.14. The van der Waals surface area contributed by atoms with Crippen molar-refractivity contribution in [2.75, 3.05) is 47.0 Å². The first kappa shape index (κ1) is 16.8. The highest BCUT2D eigenvalue weighted by molar-refractivity contribution is 5.76. The molecule has 0 saturated carbocycles. The summed E-state index contributed by atoms with van der Waals surface area (Å²) in [5.74, 6) is 1.10. The number of morpholine rings is 1. The molecule has 1 heterocycles. The molecule has 1 saturated heterocycles. The Morgan fingerprint density at radius 1 is 1.36 bits per heavy atom. The highest BCUT2D eigenvalue weighted by Gasteiger charge is 2.20. The molecule has 1 aromatic rings. The number of hydrogen-bond acceptors (Lipinski definition) is 4. The Hall–Kier alpha value is -1.59. The Balaban J connectivity index is 1.88. The zero-order valence-electron chi connectivity index (χ0n) is 13.7. The van der Waals surface area contributed by atoms with Crippen molar-refractivity contribution in [2.45, 2.75) is 19.4 Å². The molecule has 0 bridgehead atoms. The van der Waals surface area contributed by atoms with Crippen molar-refractivity contribution in [1.82, 2.24) is 9.80 Å². The van der Waals surface area contributed by atoms with E-state index in [1.165, 1.54) is 0 Å². The number of benzene rings is 1. The maximum absolute atomic E-state index is 12.2. The quantitative estimate of drug-likeness (QED) is 0.805. The minimum Gasteiger partial charge on any atom is -0.496 e. The molecule has 5 nitrogen and oxygen atoms in total. The maximum atomic E-state index is 12.2. The summed E-state index contributed by atoms with van der Waals surface area (Å²) in [6.45, 7) is 5.60. The van der Waals surface area contributed by atoms with Crippen LogP contribution in [0.5, 0.6) is 5.75 Å². The van der Waals surface area contributed by atoms with Gasteiger partial charge in [-0.2, -0.15) is 0 Å². The number of nitrogens with zero attached hydrogens (tertiary/aromatic N) is 2. The molecule has 0 radical (unpaired) electrons. The maximum Gasteiger partial charge on any atom is 0.224 e. The molecular formula is C17H26N2O3. The summed E-state index contributed by atoms with van der Waals surface area (Å²) in [7, 11) is 3.73. The first-order chi connectivity index (χ1) is 10.6. The molecule has 5 heteroatoms. The van der Waals surface area contributed by atoms with E-state index in [0.717, 1.165) is 17.9 Å². The fraction of sp³-hybridized carbons (Fsp3) is 0.588. The lowest BCUT2D eigenvalue weighted by Crippen LogP contribution is -2.41.